The van der Waals surface area contributed by atoms with Crippen LogP contribution in [0, 0.1) is 30.6 Å². The molecule has 1 heterocycles. The number of amides is 2. The second-order valence-electron chi connectivity index (χ2n) is 9.17. The Bertz CT molecular complexity index is 1120. The van der Waals surface area contributed by atoms with Crippen LogP contribution in [0.3, 0.4) is 0 Å². The molecule has 5 rings (SSSR count). The summed E-state index contributed by atoms with van der Waals surface area (Å²) < 4.78 is 0. The summed E-state index contributed by atoms with van der Waals surface area (Å²) >= 11 is 0. The maximum absolute atomic E-state index is 13.2. The number of carbonyl (C=O) groups excluding carboxylic acids is 2. The van der Waals surface area contributed by atoms with Gasteiger partial charge in [-0.15, -0.1) is 0 Å². The summed E-state index contributed by atoms with van der Waals surface area (Å²) in [5, 5.41) is 3.01. The summed E-state index contributed by atoms with van der Waals surface area (Å²) in [5.74, 6) is 1.54. The Labute approximate surface area is 189 Å². The number of fused-ring (bicyclic) bond motifs is 5. The minimum absolute atomic E-state index is 0.106. The molecule has 162 valence electrons. The first-order valence-corrected chi connectivity index (χ1v) is 11.3. The number of nitrogens with one attached hydrogen (secondary N) is 1. The quantitative estimate of drug-likeness (QED) is 0.601. The van der Waals surface area contributed by atoms with Crippen LogP contribution in [0.4, 0.5) is 11.4 Å². The Hall–Kier alpha value is -3.40. The number of hydrogen-bond acceptors (Lipinski definition) is 2. The van der Waals surface area contributed by atoms with Crippen molar-refractivity contribution in [1.29, 1.82) is 0 Å². The third-order valence-electron chi connectivity index (χ3n) is 7.52. The van der Waals surface area contributed by atoms with Gasteiger partial charge in [0.1, 0.15) is 0 Å². The number of anilines is 2. The molecule has 1 aliphatic heterocycles. The maximum Gasteiger partial charge on any atom is 0.255 e. The lowest BCUT2D eigenvalue weighted by Gasteiger charge is -2.22. The van der Waals surface area contributed by atoms with Gasteiger partial charge in [0.25, 0.3) is 5.91 Å². The number of hydrogen-bond donors (Lipinski definition) is 1. The zero-order valence-electron chi connectivity index (χ0n) is 18.4. The van der Waals surface area contributed by atoms with Crippen LogP contribution in [0.15, 0.2) is 73.5 Å². The van der Waals surface area contributed by atoms with Gasteiger partial charge in [-0.1, -0.05) is 43.5 Å². The second-order valence-corrected chi connectivity index (χ2v) is 9.17. The van der Waals surface area contributed by atoms with Gasteiger partial charge in [0.2, 0.25) is 5.91 Å². The molecule has 4 heteroatoms. The van der Waals surface area contributed by atoms with Crippen molar-refractivity contribution in [3.63, 3.8) is 0 Å². The van der Waals surface area contributed by atoms with Crippen molar-refractivity contribution in [3.8, 4) is 0 Å². The lowest BCUT2D eigenvalue weighted by atomic mass is 9.80. The zero-order chi connectivity index (χ0) is 22.4. The molecule has 4 nitrogen and oxygen atoms in total. The molecule has 0 aromatic heterocycles. The maximum atomic E-state index is 13.2. The van der Waals surface area contributed by atoms with Crippen LogP contribution < -0.4 is 10.2 Å². The van der Waals surface area contributed by atoms with Crippen LogP contribution in [-0.2, 0) is 4.79 Å². The van der Waals surface area contributed by atoms with E-state index >= 15 is 0 Å². The van der Waals surface area contributed by atoms with Crippen molar-refractivity contribution in [1.82, 2.24) is 0 Å². The van der Waals surface area contributed by atoms with E-state index in [2.05, 4.69) is 18.5 Å². The molecule has 0 radical (unpaired) electrons. The lowest BCUT2D eigenvalue weighted by Crippen LogP contribution is -2.28. The molecule has 2 aromatic rings. The van der Waals surface area contributed by atoms with E-state index in [0.717, 1.165) is 28.2 Å². The summed E-state index contributed by atoms with van der Waals surface area (Å²) in [4.78, 5) is 27.8. The lowest BCUT2D eigenvalue weighted by molar-refractivity contribution is -0.122. The van der Waals surface area contributed by atoms with E-state index in [0.29, 0.717) is 23.3 Å². The Balaban J connectivity index is 1.33. The highest BCUT2D eigenvalue weighted by atomic mass is 16.2. The molecule has 3 aliphatic rings. The van der Waals surface area contributed by atoms with Crippen molar-refractivity contribution in [2.45, 2.75) is 26.2 Å². The summed E-state index contributed by atoms with van der Waals surface area (Å²) in [6, 6.07) is 13.1. The minimum Gasteiger partial charge on any atom is -0.322 e. The molecular formula is C28H28N2O2. The van der Waals surface area contributed by atoms with E-state index in [1.165, 1.54) is 19.3 Å². The molecule has 0 spiro atoms. The Morgan fingerprint density at radius 3 is 2.50 bits per heavy atom. The molecule has 2 aliphatic carbocycles. The van der Waals surface area contributed by atoms with Crippen molar-refractivity contribution >= 4 is 29.3 Å². The minimum atomic E-state index is -0.175. The van der Waals surface area contributed by atoms with Crippen LogP contribution in [0.25, 0.3) is 6.08 Å². The van der Waals surface area contributed by atoms with E-state index in [1.54, 1.807) is 23.1 Å². The average Bonchev–Trinajstić information content (AvgIpc) is 3.48. The molecule has 0 unspecified atom stereocenters. The molecule has 2 saturated carbocycles. The first-order chi connectivity index (χ1) is 15.5. The first kappa shape index (κ1) is 20.5. The monoisotopic (exact) mass is 424 g/mol. The number of rotatable bonds is 5. The SMILES string of the molecule is C=C/C=C\c1cccc(NC(=O)c2ccc(N3C(=C)[C@H]4[C@H]5CC[C@H](C5)[C@H]4C3=O)cc2)c1C. The predicted octanol–water partition coefficient (Wildman–Crippen LogP) is 5.97. The van der Waals surface area contributed by atoms with Gasteiger partial charge in [-0.05, 0) is 79.5 Å². The van der Waals surface area contributed by atoms with Crippen LogP contribution in [0.2, 0.25) is 0 Å². The van der Waals surface area contributed by atoms with E-state index in [-0.39, 0.29) is 17.7 Å². The van der Waals surface area contributed by atoms with Gasteiger partial charge in [-0.25, -0.2) is 0 Å². The molecule has 2 bridgehead atoms. The van der Waals surface area contributed by atoms with Crippen molar-refractivity contribution in [2.24, 2.45) is 23.7 Å². The first-order valence-electron chi connectivity index (χ1n) is 11.3. The molecule has 32 heavy (non-hydrogen) atoms. The number of benzene rings is 2. The van der Waals surface area contributed by atoms with Crippen molar-refractivity contribution < 1.29 is 9.59 Å². The fourth-order valence-corrected chi connectivity index (χ4v) is 5.96. The van der Waals surface area contributed by atoms with Crippen LogP contribution in [0.1, 0.15) is 40.7 Å². The van der Waals surface area contributed by atoms with Gasteiger partial charge in [0.05, 0.1) is 5.92 Å². The summed E-state index contributed by atoms with van der Waals surface area (Å²) in [5.41, 5.74) is 5.09. The topological polar surface area (TPSA) is 49.4 Å². The molecule has 1 N–H and O–H groups in total. The summed E-state index contributed by atoms with van der Waals surface area (Å²) in [6.45, 7) is 9.97. The Morgan fingerprint density at radius 1 is 1.09 bits per heavy atom. The Morgan fingerprint density at radius 2 is 1.81 bits per heavy atom. The number of nitrogens with zero attached hydrogens (tertiary/aromatic N) is 1. The summed E-state index contributed by atoms with van der Waals surface area (Å²) in [6.07, 6.45) is 9.13. The highest BCUT2D eigenvalue weighted by Gasteiger charge is 2.58. The Kier molecular flexibility index (Phi) is 5.09. The fourth-order valence-electron chi connectivity index (χ4n) is 5.96. The van der Waals surface area contributed by atoms with Gasteiger partial charge < -0.3 is 5.32 Å². The van der Waals surface area contributed by atoms with Gasteiger partial charge in [0.15, 0.2) is 0 Å². The van der Waals surface area contributed by atoms with E-state index < -0.39 is 0 Å². The van der Waals surface area contributed by atoms with Gasteiger partial charge >= 0.3 is 0 Å². The van der Waals surface area contributed by atoms with Crippen molar-refractivity contribution in [3.05, 3.63) is 90.2 Å². The van der Waals surface area contributed by atoms with Crippen molar-refractivity contribution in [2.75, 3.05) is 10.2 Å². The molecule has 4 atom stereocenters. The van der Waals surface area contributed by atoms with Crippen LogP contribution >= 0.6 is 0 Å². The highest BCUT2D eigenvalue weighted by molar-refractivity contribution is 6.06. The standard InChI is InChI=1S/C28H28N2O2/c1-4-5-7-19-8-6-9-24(17(19)2)29-27(31)20-12-14-23(15-13-20)30-18(3)25-21-10-11-22(16-21)26(25)28(30)32/h4-9,12-15,21-22,25-26H,1,3,10-11,16H2,2H3,(H,29,31)/b7-5-/t21-,22+,25-,26+/m0/s1. The van der Waals surface area contributed by atoms with Gasteiger partial charge in [-0.3, -0.25) is 14.5 Å². The third-order valence-corrected chi connectivity index (χ3v) is 7.52. The third kappa shape index (κ3) is 3.22. The fraction of sp³-hybridized carbons (Fsp3) is 0.286. The zero-order valence-corrected chi connectivity index (χ0v) is 18.4. The van der Waals surface area contributed by atoms with Gasteiger partial charge in [-0.2, -0.15) is 0 Å². The molecular weight excluding hydrogens is 396 g/mol. The second kappa shape index (κ2) is 7.94. The smallest absolute Gasteiger partial charge is 0.255 e. The average molecular weight is 425 g/mol. The molecule has 2 amide bonds. The van der Waals surface area contributed by atoms with E-state index in [9.17, 15) is 9.59 Å². The molecule has 1 saturated heterocycles. The van der Waals surface area contributed by atoms with E-state index in [4.69, 9.17) is 0 Å². The molecule has 2 aromatic carbocycles. The largest absolute Gasteiger partial charge is 0.322 e. The van der Waals surface area contributed by atoms with Crippen LogP contribution in [0.5, 0.6) is 0 Å². The van der Waals surface area contributed by atoms with Gasteiger partial charge in [0, 0.05) is 28.6 Å². The van der Waals surface area contributed by atoms with E-state index in [1.807, 2.05) is 49.4 Å². The van der Waals surface area contributed by atoms with Crippen LogP contribution in [-0.4, -0.2) is 11.8 Å². The number of allylic oxidation sites excluding steroid dienone is 3. The highest BCUT2D eigenvalue weighted by Crippen LogP contribution is 2.59. The summed E-state index contributed by atoms with van der Waals surface area (Å²) in [7, 11) is 0. The molecule has 3 fully saturated rings. The predicted molar refractivity (Wildman–Crippen MR) is 129 cm³/mol. The number of carbonyl (C=O) groups is 2. The normalized spacial score (nSPS) is 26.1.